The Balaban J connectivity index is 1.27. The first-order valence-electron chi connectivity index (χ1n) is 10.7. The van der Waals surface area contributed by atoms with Gasteiger partial charge >= 0.3 is 6.09 Å². The number of piperidine rings is 1. The van der Waals surface area contributed by atoms with Gasteiger partial charge in [0.2, 0.25) is 5.91 Å². The number of aryl methyl sites for hydroxylation is 1. The van der Waals surface area contributed by atoms with Crippen molar-refractivity contribution in [2.75, 3.05) is 26.2 Å². The van der Waals surface area contributed by atoms with Gasteiger partial charge < -0.3 is 14.5 Å². The zero-order chi connectivity index (χ0) is 21.0. The van der Waals surface area contributed by atoms with Gasteiger partial charge in [0, 0.05) is 51.3 Å². The van der Waals surface area contributed by atoms with Crippen molar-refractivity contribution in [2.24, 2.45) is 0 Å². The topological polar surface area (TPSA) is 62.7 Å². The molecule has 2 aliphatic heterocycles. The lowest BCUT2D eigenvalue weighted by Gasteiger charge is -2.37. The lowest BCUT2D eigenvalue weighted by atomic mass is 9.90. The molecule has 1 aromatic carbocycles. The van der Waals surface area contributed by atoms with Crippen LogP contribution in [0, 0.1) is 0 Å². The Bertz CT molecular complexity index is 864. The fourth-order valence-corrected chi connectivity index (χ4v) is 4.43. The third kappa shape index (κ3) is 4.64. The second-order valence-corrected chi connectivity index (χ2v) is 8.49. The van der Waals surface area contributed by atoms with Gasteiger partial charge in [0.1, 0.15) is 5.60 Å². The van der Waals surface area contributed by atoms with Gasteiger partial charge in [-0.1, -0.05) is 43.3 Å². The van der Waals surface area contributed by atoms with Crippen molar-refractivity contribution in [3.8, 4) is 0 Å². The number of pyridine rings is 1. The van der Waals surface area contributed by atoms with Crippen molar-refractivity contribution in [3.05, 3.63) is 66.0 Å². The van der Waals surface area contributed by atoms with E-state index in [0.717, 1.165) is 5.56 Å². The molecule has 3 heterocycles. The molecule has 0 bridgehead atoms. The van der Waals surface area contributed by atoms with Crippen LogP contribution < -0.4 is 0 Å². The van der Waals surface area contributed by atoms with Gasteiger partial charge in [0.25, 0.3) is 0 Å². The van der Waals surface area contributed by atoms with Crippen molar-refractivity contribution in [1.29, 1.82) is 0 Å². The summed E-state index contributed by atoms with van der Waals surface area (Å²) in [6, 6.07) is 14.1. The van der Waals surface area contributed by atoms with Crippen LogP contribution in [0.1, 0.15) is 43.2 Å². The van der Waals surface area contributed by atoms with E-state index < -0.39 is 5.60 Å². The van der Waals surface area contributed by atoms with Gasteiger partial charge in [0.05, 0.1) is 6.54 Å². The van der Waals surface area contributed by atoms with E-state index in [1.165, 1.54) is 5.56 Å². The number of hydrogen-bond donors (Lipinski definition) is 0. The number of hydrogen-bond acceptors (Lipinski definition) is 4. The number of amides is 2. The maximum Gasteiger partial charge on any atom is 0.410 e. The summed E-state index contributed by atoms with van der Waals surface area (Å²) in [5, 5.41) is 0. The maximum absolute atomic E-state index is 12.6. The first-order chi connectivity index (χ1) is 14.5. The predicted molar refractivity (Wildman–Crippen MR) is 114 cm³/mol. The van der Waals surface area contributed by atoms with E-state index in [-0.39, 0.29) is 17.9 Å². The lowest BCUT2D eigenvalue weighted by molar-refractivity contribution is -0.134. The standard InChI is InChI=1S/C24H29N3O3/c1-19(21-7-3-2-4-8-21)17-27-18-24(30-23(27)29)11-14-26(15-12-24)22(28)10-9-20-6-5-13-25-16-20/h2-8,13,16,19H,9-12,14-15,17-18H2,1H3/t19-/m0/s1. The minimum Gasteiger partial charge on any atom is -0.441 e. The average molecular weight is 408 g/mol. The molecule has 0 aliphatic carbocycles. The van der Waals surface area contributed by atoms with E-state index in [4.69, 9.17) is 4.74 Å². The third-order valence-electron chi connectivity index (χ3n) is 6.28. The number of benzene rings is 1. The molecule has 2 fully saturated rings. The minimum absolute atomic E-state index is 0.160. The number of carbonyl (C=O) groups excluding carboxylic acids is 2. The van der Waals surface area contributed by atoms with Gasteiger partial charge in [-0.3, -0.25) is 9.78 Å². The number of likely N-dealkylation sites (tertiary alicyclic amines) is 1. The highest BCUT2D eigenvalue weighted by Gasteiger charge is 2.47. The number of ether oxygens (including phenoxy) is 1. The summed E-state index contributed by atoms with van der Waals surface area (Å²) >= 11 is 0. The van der Waals surface area contributed by atoms with E-state index in [0.29, 0.717) is 51.9 Å². The Morgan fingerprint density at radius 1 is 1.17 bits per heavy atom. The van der Waals surface area contributed by atoms with Crippen LogP contribution in [0.4, 0.5) is 4.79 Å². The summed E-state index contributed by atoms with van der Waals surface area (Å²) in [5.74, 6) is 0.413. The molecule has 0 unspecified atom stereocenters. The van der Waals surface area contributed by atoms with E-state index >= 15 is 0 Å². The zero-order valence-electron chi connectivity index (χ0n) is 17.5. The maximum atomic E-state index is 12.6. The van der Waals surface area contributed by atoms with Crippen LogP contribution in [0.15, 0.2) is 54.9 Å². The molecule has 158 valence electrons. The molecule has 1 atom stereocenters. The Morgan fingerprint density at radius 3 is 2.63 bits per heavy atom. The second-order valence-electron chi connectivity index (χ2n) is 8.49. The fourth-order valence-electron chi connectivity index (χ4n) is 4.43. The highest BCUT2D eigenvalue weighted by Crippen LogP contribution is 2.34. The first-order valence-corrected chi connectivity index (χ1v) is 10.7. The van der Waals surface area contributed by atoms with Gasteiger partial charge in [-0.15, -0.1) is 0 Å². The summed E-state index contributed by atoms with van der Waals surface area (Å²) in [4.78, 5) is 32.9. The SMILES string of the molecule is C[C@@H](CN1CC2(CCN(C(=O)CCc3cccnc3)CC2)OC1=O)c1ccccc1. The van der Waals surface area contributed by atoms with Crippen LogP contribution in [0.5, 0.6) is 0 Å². The summed E-state index contributed by atoms with van der Waals surface area (Å²) in [6.45, 7) is 4.68. The van der Waals surface area contributed by atoms with E-state index in [2.05, 4.69) is 24.0 Å². The molecule has 0 radical (unpaired) electrons. The van der Waals surface area contributed by atoms with Crippen molar-refractivity contribution in [1.82, 2.24) is 14.8 Å². The fraction of sp³-hybridized carbons (Fsp3) is 0.458. The lowest BCUT2D eigenvalue weighted by Crippen LogP contribution is -2.48. The quantitative estimate of drug-likeness (QED) is 0.734. The minimum atomic E-state index is -0.451. The molecule has 0 N–H and O–H groups in total. The Hall–Kier alpha value is -2.89. The molecule has 4 rings (SSSR count). The highest BCUT2D eigenvalue weighted by atomic mass is 16.6. The molecule has 2 saturated heterocycles. The third-order valence-corrected chi connectivity index (χ3v) is 6.28. The number of nitrogens with zero attached hydrogens (tertiary/aromatic N) is 3. The van der Waals surface area contributed by atoms with Gasteiger partial charge in [-0.2, -0.15) is 0 Å². The van der Waals surface area contributed by atoms with Gasteiger partial charge in [-0.05, 0) is 29.5 Å². The predicted octanol–water partition coefficient (Wildman–Crippen LogP) is 3.63. The molecule has 2 aromatic rings. The molecule has 30 heavy (non-hydrogen) atoms. The largest absolute Gasteiger partial charge is 0.441 e. The molecule has 1 spiro atoms. The van der Waals surface area contributed by atoms with Crippen LogP contribution >= 0.6 is 0 Å². The number of aromatic nitrogens is 1. The Morgan fingerprint density at radius 2 is 1.93 bits per heavy atom. The van der Waals surface area contributed by atoms with Crippen molar-refractivity contribution < 1.29 is 14.3 Å². The Labute approximate surface area is 177 Å². The van der Waals surface area contributed by atoms with Gasteiger partial charge in [-0.25, -0.2) is 4.79 Å². The summed E-state index contributed by atoms with van der Waals surface area (Å²) in [7, 11) is 0. The molecule has 2 amide bonds. The van der Waals surface area contributed by atoms with Crippen molar-refractivity contribution in [3.63, 3.8) is 0 Å². The van der Waals surface area contributed by atoms with Crippen molar-refractivity contribution >= 4 is 12.0 Å². The van der Waals surface area contributed by atoms with Crippen molar-refractivity contribution in [2.45, 2.75) is 44.1 Å². The molecular weight excluding hydrogens is 378 g/mol. The van der Waals surface area contributed by atoms with Crippen LogP contribution in [-0.2, 0) is 16.0 Å². The summed E-state index contributed by atoms with van der Waals surface area (Å²) < 4.78 is 5.84. The molecule has 1 aromatic heterocycles. The van der Waals surface area contributed by atoms with Gasteiger partial charge in [0.15, 0.2) is 0 Å². The van der Waals surface area contributed by atoms with Crippen LogP contribution in [-0.4, -0.2) is 58.6 Å². The molecule has 6 heteroatoms. The number of rotatable bonds is 6. The summed E-state index contributed by atoms with van der Waals surface area (Å²) in [6.07, 6.45) is 5.91. The molecule has 2 aliphatic rings. The van der Waals surface area contributed by atoms with E-state index in [9.17, 15) is 9.59 Å². The summed E-state index contributed by atoms with van der Waals surface area (Å²) in [5.41, 5.74) is 1.85. The normalized spacial score (nSPS) is 19.0. The van der Waals surface area contributed by atoms with Crippen LogP contribution in [0.2, 0.25) is 0 Å². The smallest absolute Gasteiger partial charge is 0.410 e. The molecular formula is C24H29N3O3. The van der Waals surface area contributed by atoms with E-state index in [1.807, 2.05) is 46.3 Å². The second kappa shape index (κ2) is 8.86. The average Bonchev–Trinajstić information content (AvgIpc) is 3.08. The zero-order valence-corrected chi connectivity index (χ0v) is 17.5. The molecule has 0 saturated carbocycles. The number of carbonyl (C=O) groups is 2. The first kappa shape index (κ1) is 20.4. The van der Waals surface area contributed by atoms with E-state index in [1.54, 1.807) is 6.20 Å². The highest BCUT2D eigenvalue weighted by molar-refractivity contribution is 5.76. The van der Waals surface area contributed by atoms with Crippen LogP contribution in [0.3, 0.4) is 0 Å². The Kier molecular flexibility index (Phi) is 6.02. The van der Waals surface area contributed by atoms with Crippen LogP contribution in [0.25, 0.3) is 0 Å². The molecule has 6 nitrogen and oxygen atoms in total. The monoisotopic (exact) mass is 407 g/mol.